The largest absolute Gasteiger partial charge is 0.340 e. The van der Waals surface area contributed by atoms with E-state index in [0.29, 0.717) is 34.5 Å². The third-order valence-corrected chi connectivity index (χ3v) is 4.92. The van der Waals surface area contributed by atoms with Crippen molar-refractivity contribution >= 4 is 40.4 Å². The van der Waals surface area contributed by atoms with Gasteiger partial charge in [-0.25, -0.2) is 19.9 Å². The van der Waals surface area contributed by atoms with Crippen LogP contribution in [0.1, 0.15) is 16.2 Å². The second-order valence-electron chi connectivity index (χ2n) is 7.26. The molecule has 4 heterocycles. The van der Waals surface area contributed by atoms with E-state index in [4.69, 9.17) is 0 Å². The summed E-state index contributed by atoms with van der Waals surface area (Å²) in [5.41, 5.74) is 3.43. The van der Waals surface area contributed by atoms with Crippen LogP contribution in [-0.2, 0) is 0 Å². The molecular formula is C24H20N8O. The molecule has 9 heteroatoms. The van der Waals surface area contributed by atoms with E-state index in [1.807, 2.05) is 73.8 Å². The Kier molecular flexibility index (Phi) is 5.34. The highest BCUT2D eigenvalue weighted by Gasteiger charge is 2.16. The summed E-state index contributed by atoms with van der Waals surface area (Å²) in [7, 11) is 0. The zero-order chi connectivity index (χ0) is 22.6. The van der Waals surface area contributed by atoms with Gasteiger partial charge in [-0.3, -0.25) is 9.20 Å². The smallest absolute Gasteiger partial charge is 0.274 e. The first-order valence-corrected chi connectivity index (χ1v) is 10.3. The Labute approximate surface area is 189 Å². The minimum Gasteiger partial charge on any atom is -0.340 e. The number of hydrogen-bond donors (Lipinski definition) is 3. The first-order valence-electron chi connectivity index (χ1n) is 10.3. The molecule has 0 saturated carbocycles. The lowest BCUT2D eigenvalue weighted by Crippen LogP contribution is -2.15. The van der Waals surface area contributed by atoms with Gasteiger partial charge in [0.05, 0.1) is 5.69 Å². The molecule has 162 valence electrons. The van der Waals surface area contributed by atoms with Gasteiger partial charge in [0, 0.05) is 29.8 Å². The van der Waals surface area contributed by atoms with E-state index in [1.165, 1.54) is 6.33 Å². The molecule has 0 unspecified atom stereocenters. The van der Waals surface area contributed by atoms with Crippen LogP contribution in [0.25, 0.3) is 5.65 Å². The molecule has 1 amide bonds. The van der Waals surface area contributed by atoms with Gasteiger partial charge in [0.15, 0.2) is 0 Å². The van der Waals surface area contributed by atoms with E-state index >= 15 is 0 Å². The SMILES string of the molecule is Cc1nc2ccccn2c1C(=O)Nc1ccc(Nc2cc(Nc3ccccn3)ncn2)cc1. The van der Waals surface area contributed by atoms with Crippen LogP contribution in [0.15, 0.2) is 85.5 Å². The Morgan fingerprint density at radius 1 is 0.818 bits per heavy atom. The van der Waals surface area contributed by atoms with Gasteiger partial charge in [0.1, 0.15) is 35.1 Å². The van der Waals surface area contributed by atoms with E-state index in [1.54, 1.807) is 16.7 Å². The van der Waals surface area contributed by atoms with Gasteiger partial charge >= 0.3 is 0 Å². The molecular weight excluding hydrogens is 416 g/mol. The second kappa shape index (κ2) is 8.75. The van der Waals surface area contributed by atoms with Crippen LogP contribution in [-0.4, -0.2) is 30.2 Å². The van der Waals surface area contributed by atoms with Gasteiger partial charge in [-0.1, -0.05) is 12.1 Å². The summed E-state index contributed by atoms with van der Waals surface area (Å²) < 4.78 is 1.78. The molecule has 5 rings (SSSR count). The average Bonchev–Trinajstić information content (AvgIpc) is 3.17. The molecule has 9 nitrogen and oxygen atoms in total. The van der Waals surface area contributed by atoms with Crippen molar-refractivity contribution < 1.29 is 4.79 Å². The van der Waals surface area contributed by atoms with Gasteiger partial charge in [-0.05, 0) is 55.5 Å². The Morgan fingerprint density at radius 2 is 1.58 bits per heavy atom. The van der Waals surface area contributed by atoms with Crippen molar-refractivity contribution in [2.24, 2.45) is 0 Å². The molecule has 3 N–H and O–H groups in total. The maximum absolute atomic E-state index is 12.9. The lowest BCUT2D eigenvalue weighted by molar-refractivity contribution is 0.102. The summed E-state index contributed by atoms with van der Waals surface area (Å²) in [6, 6.07) is 20.4. The number of aromatic nitrogens is 5. The molecule has 0 saturated heterocycles. The summed E-state index contributed by atoms with van der Waals surface area (Å²) in [6.45, 7) is 1.83. The Balaban J connectivity index is 1.27. The Hall–Kier alpha value is -4.79. The molecule has 0 spiro atoms. The zero-order valence-electron chi connectivity index (χ0n) is 17.7. The second-order valence-corrected chi connectivity index (χ2v) is 7.26. The van der Waals surface area contributed by atoms with Crippen LogP contribution in [0.3, 0.4) is 0 Å². The fraction of sp³-hybridized carbons (Fsp3) is 0.0417. The number of aryl methyl sites for hydroxylation is 1. The molecule has 0 aliphatic carbocycles. The van der Waals surface area contributed by atoms with Crippen LogP contribution in [0.2, 0.25) is 0 Å². The first-order chi connectivity index (χ1) is 16.2. The number of carbonyl (C=O) groups is 1. The van der Waals surface area contributed by atoms with Crippen molar-refractivity contribution in [2.75, 3.05) is 16.0 Å². The van der Waals surface area contributed by atoms with Crippen molar-refractivity contribution in [2.45, 2.75) is 6.92 Å². The minimum atomic E-state index is -0.215. The molecule has 0 atom stereocenters. The van der Waals surface area contributed by atoms with Gasteiger partial charge in [0.25, 0.3) is 5.91 Å². The normalized spacial score (nSPS) is 10.7. The molecule has 1 aromatic carbocycles. The van der Waals surface area contributed by atoms with Crippen LogP contribution < -0.4 is 16.0 Å². The third kappa shape index (κ3) is 4.47. The fourth-order valence-electron chi connectivity index (χ4n) is 3.42. The number of fused-ring (bicyclic) bond motifs is 1. The van der Waals surface area contributed by atoms with Gasteiger partial charge in [-0.2, -0.15) is 0 Å². The fourth-order valence-corrected chi connectivity index (χ4v) is 3.42. The summed E-state index contributed by atoms with van der Waals surface area (Å²) in [5, 5.41) is 9.30. The van der Waals surface area contributed by atoms with E-state index in [-0.39, 0.29) is 5.91 Å². The summed E-state index contributed by atoms with van der Waals surface area (Å²) in [4.78, 5) is 30.0. The highest BCUT2D eigenvalue weighted by atomic mass is 16.2. The molecule has 5 aromatic rings. The zero-order valence-corrected chi connectivity index (χ0v) is 17.7. The summed E-state index contributed by atoms with van der Waals surface area (Å²) in [5.74, 6) is 1.73. The van der Waals surface area contributed by atoms with E-state index in [0.717, 1.165) is 11.3 Å². The Bertz CT molecular complexity index is 1410. The number of anilines is 5. The minimum absolute atomic E-state index is 0.215. The molecule has 0 fully saturated rings. The number of carbonyl (C=O) groups excluding carboxylic acids is 1. The lowest BCUT2D eigenvalue weighted by atomic mass is 10.2. The van der Waals surface area contributed by atoms with Gasteiger partial charge in [0.2, 0.25) is 0 Å². The number of hydrogen-bond acceptors (Lipinski definition) is 7. The quantitative estimate of drug-likeness (QED) is 0.358. The highest BCUT2D eigenvalue weighted by Crippen LogP contribution is 2.21. The topological polar surface area (TPSA) is 109 Å². The predicted octanol–water partition coefficient (Wildman–Crippen LogP) is 4.57. The number of pyridine rings is 2. The van der Waals surface area contributed by atoms with Crippen molar-refractivity contribution in [3.05, 3.63) is 96.8 Å². The molecule has 4 aromatic heterocycles. The monoisotopic (exact) mass is 436 g/mol. The molecule has 0 bridgehead atoms. The van der Waals surface area contributed by atoms with E-state index in [2.05, 4.69) is 35.9 Å². The summed E-state index contributed by atoms with van der Waals surface area (Å²) >= 11 is 0. The van der Waals surface area contributed by atoms with Crippen molar-refractivity contribution in [1.82, 2.24) is 24.3 Å². The van der Waals surface area contributed by atoms with Crippen molar-refractivity contribution in [3.8, 4) is 0 Å². The van der Waals surface area contributed by atoms with Crippen LogP contribution >= 0.6 is 0 Å². The van der Waals surface area contributed by atoms with E-state index in [9.17, 15) is 4.79 Å². The van der Waals surface area contributed by atoms with Crippen LogP contribution in [0, 0.1) is 6.92 Å². The Morgan fingerprint density at radius 3 is 2.36 bits per heavy atom. The maximum Gasteiger partial charge on any atom is 0.274 e. The number of rotatable bonds is 6. The van der Waals surface area contributed by atoms with Crippen molar-refractivity contribution in [3.63, 3.8) is 0 Å². The third-order valence-electron chi connectivity index (χ3n) is 4.92. The predicted molar refractivity (Wildman–Crippen MR) is 127 cm³/mol. The summed E-state index contributed by atoms with van der Waals surface area (Å²) in [6.07, 6.45) is 5.01. The number of nitrogens with zero attached hydrogens (tertiary/aromatic N) is 5. The van der Waals surface area contributed by atoms with Gasteiger partial charge < -0.3 is 16.0 Å². The highest BCUT2D eigenvalue weighted by molar-refractivity contribution is 6.04. The lowest BCUT2D eigenvalue weighted by Gasteiger charge is -2.10. The first kappa shape index (κ1) is 20.1. The number of amides is 1. The standard InChI is InChI=1S/C24H20N8O/c1-16-23(32-13-5-3-7-22(32)28-16)24(33)30-18-10-8-17(9-11-18)29-20-14-21(27-15-26-20)31-19-6-2-4-12-25-19/h2-15H,1H3,(H,30,33)(H2,25,26,27,29,31). The average molecular weight is 436 g/mol. The molecule has 33 heavy (non-hydrogen) atoms. The molecule has 0 aliphatic heterocycles. The van der Waals surface area contributed by atoms with Crippen LogP contribution in [0.5, 0.6) is 0 Å². The number of nitrogens with one attached hydrogen (secondary N) is 3. The van der Waals surface area contributed by atoms with Crippen LogP contribution in [0.4, 0.5) is 28.8 Å². The number of benzene rings is 1. The molecule has 0 radical (unpaired) electrons. The number of imidazole rings is 1. The van der Waals surface area contributed by atoms with Crippen molar-refractivity contribution in [1.29, 1.82) is 0 Å². The van der Waals surface area contributed by atoms with Gasteiger partial charge in [-0.15, -0.1) is 0 Å². The van der Waals surface area contributed by atoms with E-state index < -0.39 is 0 Å². The molecule has 0 aliphatic rings. The maximum atomic E-state index is 12.9.